The largest absolute Gasteiger partial charge is 0.384 e. The Morgan fingerprint density at radius 2 is 1.94 bits per heavy atom. The predicted octanol–water partition coefficient (Wildman–Crippen LogP) is 4.70. The number of rotatable bonds is 3. The minimum atomic E-state index is -0.0971. The van der Waals surface area contributed by atoms with Gasteiger partial charge in [0.1, 0.15) is 5.82 Å². The molecule has 0 bridgehead atoms. The van der Waals surface area contributed by atoms with E-state index in [0.29, 0.717) is 5.92 Å². The maximum Gasteiger partial charge on any atom is 0.123 e. The highest BCUT2D eigenvalue weighted by molar-refractivity contribution is 5.57. The Bertz CT molecular complexity index is 410. The van der Waals surface area contributed by atoms with E-state index in [1.54, 1.807) is 12.1 Å². The molecule has 1 nitrogen and oxygen atoms in total. The van der Waals surface area contributed by atoms with Crippen molar-refractivity contribution in [3.63, 3.8) is 0 Å². The van der Waals surface area contributed by atoms with Gasteiger partial charge < -0.3 is 5.32 Å². The van der Waals surface area contributed by atoms with Crippen LogP contribution in [-0.4, -0.2) is 6.54 Å². The summed E-state index contributed by atoms with van der Waals surface area (Å²) in [6.45, 7) is 0.992. The fraction of sp³-hybridized carbons (Fsp3) is 0.625. The minimum absolute atomic E-state index is 0.0971. The summed E-state index contributed by atoms with van der Waals surface area (Å²) in [7, 11) is 0. The number of halogens is 1. The van der Waals surface area contributed by atoms with Crippen molar-refractivity contribution in [2.24, 2.45) is 5.92 Å². The van der Waals surface area contributed by atoms with Crippen molar-refractivity contribution in [1.82, 2.24) is 0 Å². The lowest BCUT2D eigenvalue weighted by Crippen LogP contribution is -2.09. The minimum Gasteiger partial charge on any atom is -0.384 e. The van der Waals surface area contributed by atoms with E-state index in [1.807, 2.05) is 6.07 Å². The second kappa shape index (κ2) is 5.29. The SMILES string of the molecule is Fc1ccc2c(c1)C(CCC1CCCCC1)CN2. The van der Waals surface area contributed by atoms with Crippen LogP contribution in [0.25, 0.3) is 0 Å². The first kappa shape index (κ1) is 12.0. The molecule has 1 atom stereocenters. The van der Waals surface area contributed by atoms with E-state index in [4.69, 9.17) is 0 Å². The summed E-state index contributed by atoms with van der Waals surface area (Å²) in [6.07, 6.45) is 9.62. The van der Waals surface area contributed by atoms with E-state index in [-0.39, 0.29) is 5.82 Å². The molecular formula is C16H22FN. The third-order valence-corrected chi connectivity index (χ3v) is 4.64. The number of anilines is 1. The van der Waals surface area contributed by atoms with E-state index < -0.39 is 0 Å². The molecule has 98 valence electrons. The summed E-state index contributed by atoms with van der Waals surface area (Å²) in [5.74, 6) is 1.36. The average molecular weight is 247 g/mol. The van der Waals surface area contributed by atoms with Gasteiger partial charge in [0.2, 0.25) is 0 Å². The van der Waals surface area contributed by atoms with Gasteiger partial charge >= 0.3 is 0 Å². The Morgan fingerprint density at radius 1 is 1.11 bits per heavy atom. The molecule has 1 heterocycles. The van der Waals surface area contributed by atoms with Crippen molar-refractivity contribution < 1.29 is 4.39 Å². The second-order valence-corrected chi connectivity index (χ2v) is 5.89. The molecule has 3 rings (SSSR count). The van der Waals surface area contributed by atoms with E-state index >= 15 is 0 Å². The van der Waals surface area contributed by atoms with Crippen molar-refractivity contribution >= 4 is 5.69 Å². The summed E-state index contributed by atoms with van der Waals surface area (Å²) in [4.78, 5) is 0. The second-order valence-electron chi connectivity index (χ2n) is 5.89. The van der Waals surface area contributed by atoms with Crippen molar-refractivity contribution in [1.29, 1.82) is 0 Å². The lowest BCUT2D eigenvalue weighted by molar-refractivity contribution is 0.325. The van der Waals surface area contributed by atoms with E-state index in [2.05, 4.69) is 5.32 Å². The molecule has 2 aliphatic rings. The molecule has 0 amide bonds. The van der Waals surface area contributed by atoms with Crippen LogP contribution >= 0.6 is 0 Å². The number of nitrogens with one attached hydrogen (secondary N) is 1. The third kappa shape index (κ3) is 2.52. The topological polar surface area (TPSA) is 12.0 Å². The van der Waals surface area contributed by atoms with Gasteiger partial charge in [-0.1, -0.05) is 32.1 Å². The summed E-state index contributed by atoms with van der Waals surface area (Å²) < 4.78 is 13.3. The fourth-order valence-electron chi connectivity index (χ4n) is 3.55. The van der Waals surface area contributed by atoms with Gasteiger partial charge in [0.15, 0.2) is 0 Å². The molecule has 1 aromatic carbocycles. The van der Waals surface area contributed by atoms with Gasteiger partial charge in [0.05, 0.1) is 0 Å². The zero-order valence-corrected chi connectivity index (χ0v) is 10.9. The predicted molar refractivity (Wildman–Crippen MR) is 73.4 cm³/mol. The molecule has 1 aliphatic heterocycles. The van der Waals surface area contributed by atoms with Crippen LogP contribution in [0.4, 0.5) is 10.1 Å². The van der Waals surface area contributed by atoms with Gasteiger partial charge in [-0.25, -0.2) is 4.39 Å². The fourth-order valence-corrected chi connectivity index (χ4v) is 3.55. The smallest absolute Gasteiger partial charge is 0.123 e. The van der Waals surface area contributed by atoms with Crippen LogP contribution in [0.2, 0.25) is 0 Å². The molecular weight excluding hydrogens is 225 g/mol. The molecule has 0 aromatic heterocycles. The first-order valence-corrected chi connectivity index (χ1v) is 7.36. The third-order valence-electron chi connectivity index (χ3n) is 4.64. The van der Waals surface area contributed by atoms with Gasteiger partial charge in [-0.15, -0.1) is 0 Å². The molecule has 0 spiro atoms. The Balaban J connectivity index is 1.60. The standard InChI is InChI=1S/C16H22FN/c17-14-8-9-16-15(10-14)13(11-18-16)7-6-12-4-2-1-3-5-12/h8-10,12-13,18H,1-7,11H2. The number of hydrogen-bond donors (Lipinski definition) is 1. The molecule has 0 radical (unpaired) electrons. The van der Waals surface area contributed by atoms with Crippen LogP contribution in [0.3, 0.4) is 0 Å². The Hall–Kier alpha value is -1.05. The molecule has 1 aromatic rings. The molecule has 18 heavy (non-hydrogen) atoms. The molecule has 1 unspecified atom stereocenters. The lowest BCUT2D eigenvalue weighted by Gasteiger charge is -2.22. The summed E-state index contributed by atoms with van der Waals surface area (Å²) in [6, 6.07) is 5.15. The zero-order chi connectivity index (χ0) is 12.4. The van der Waals surface area contributed by atoms with E-state index in [1.165, 1.54) is 50.5 Å². The van der Waals surface area contributed by atoms with Gasteiger partial charge in [-0.05, 0) is 42.5 Å². The summed E-state index contributed by atoms with van der Waals surface area (Å²) in [5.41, 5.74) is 2.34. The van der Waals surface area contributed by atoms with Crippen LogP contribution in [-0.2, 0) is 0 Å². The van der Waals surface area contributed by atoms with Crippen LogP contribution in [0.1, 0.15) is 56.4 Å². The van der Waals surface area contributed by atoms with Crippen molar-refractivity contribution in [2.75, 3.05) is 11.9 Å². The number of fused-ring (bicyclic) bond motifs is 1. The highest BCUT2D eigenvalue weighted by Crippen LogP contribution is 2.37. The van der Waals surface area contributed by atoms with E-state index in [0.717, 1.165) is 18.2 Å². The normalized spacial score (nSPS) is 23.7. The Labute approximate surface area is 109 Å². The van der Waals surface area contributed by atoms with Crippen molar-refractivity contribution in [2.45, 2.75) is 50.9 Å². The summed E-state index contributed by atoms with van der Waals surface area (Å²) in [5, 5.41) is 3.40. The molecule has 1 saturated carbocycles. The van der Waals surface area contributed by atoms with Gasteiger partial charge in [-0.3, -0.25) is 0 Å². The molecule has 1 N–H and O–H groups in total. The average Bonchev–Trinajstić information content (AvgIpc) is 2.80. The Kier molecular flexibility index (Phi) is 3.53. The van der Waals surface area contributed by atoms with Crippen LogP contribution < -0.4 is 5.32 Å². The van der Waals surface area contributed by atoms with Crippen molar-refractivity contribution in [3.05, 3.63) is 29.6 Å². The van der Waals surface area contributed by atoms with Crippen molar-refractivity contribution in [3.8, 4) is 0 Å². The Morgan fingerprint density at radius 3 is 2.78 bits per heavy atom. The maximum atomic E-state index is 13.3. The van der Waals surface area contributed by atoms with Crippen LogP contribution in [0.15, 0.2) is 18.2 Å². The maximum absolute atomic E-state index is 13.3. The first-order valence-electron chi connectivity index (χ1n) is 7.36. The zero-order valence-electron chi connectivity index (χ0n) is 10.9. The summed E-state index contributed by atoms with van der Waals surface area (Å²) >= 11 is 0. The van der Waals surface area contributed by atoms with Gasteiger partial charge in [-0.2, -0.15) is 0 Å². The van der Waals surface area contributed by atoms with E-state index in [9.17, 15) is 4.39 Å². The highest BCUT2D eigenvalue weighted by atomic mass is 19.1. The molecule has 0 saturated heterocycles. The lowest BCUT2D eigenvalue weighted by atomic mass is 9.83. The molecule has 1 aliphatic carbocycles. The number of hydrogen-bond acceptors (Lipinski definition) is 1. The number of benzene rings is 1. The molecule has 1 fully saturated rings. The quantitative estimate of drug-likeness (QED) is 0.816. The van der Waals surface area contributed by atoms with Crippen LogP contribution in [0.5, 0.6) is 0 Å². The highest BCUT2D eigenvalue weighted by Gasteiger charge is 2.24. The van der Waals surface area contributed by atoms with Gasteiger partial charge in [0, 0.05) is 18.2 Å². The first-order chi connectivity index (χ1) is 8.83. The monoisotopic (exact) mass is 247 g/mol. The van der Waals surface area contributed by atoms with Crippen LogP contribution in [0, 0.1) is 11.7 Å². The molecule has 2 heteroatoms. The van der Waals surface area contributed by atoms with Gasteiger partial charge in [0.25, 0.3) is 0 Å².